The minimum Gasteiger partial charge on any atom is -0.390 e. The Bertz CT molecular complexity index is 434. The van der Waals surface area contributed by atoms with Gasteiger partial charge in [-0.3, -0.25) is 4.98 Å². The molecule has 2 N–H and O–H groups in total. The van der Waals surface area contributed by atoms with Crippen molar-refractivity contribution in [2.75, 3.05) is 6.54 Å². The fourth-order valence-corrected chi connectivity index (χ4v) is 1.32. The Morgan fingerprint density at radius 2 is 2.24 bits per heavy atom. The Balaban J connectivity index is 2.70. The van der Waals surface area contributed by atoms with Crippen molar-refractivity contribution in [3.05, 3.63) is 39.8 Å². The maximum absolute atomic E-state index is 12.9. The predicted molar refractivity (Wildman–Crippen MR) is 58.5 cm³/mol. The van der Waals surface area contributed by atoms with E-state index in [1.54, 1.807) is 0 Å². The smallest absolute Gasteiger partial charge is 0.144 e. The van der Waals surface area contributed by atoms with Gasteiger partial charge in [0.2, 0.25) is 0 Å². The largest absolute Gasteiger partial charge is 0.390 e. The van der Waals surface area contributed by atoms with Gasteiger partial charge in [-0.2, -0.15) is 0 Å². The fourth-order valence-electron chi connectivity index (χ4n) is 1.32. The van der Waals surface area contributed by atoms with Crippen LogP contribution in [-0.4, -0.2) is 27.8 Å². The molecule has 0 bridgehead atoms. The molecular formula is C10H13FN4O2. The molecule has 2 unspecified atom stereocenters. The quantitative estimate of drug-likeness (QED) is 0.464. The van der Waals surface area contributed by atoms with E-state index in [1.165, 1.54) is 19.1 Å². The molecule has 0 radical (unpaired) electrons. The summed E-state index contributed by atoms with van der Waals surface area (Å²) in [5.41, 5.74) is 8.41. The van der Waals surface area contributed by atoms with E-state index in [1.807, 2.05) is 0 Å². The van der Waals surface area contributed by atoms with Gasteiger partial charge >= 0.3 is 0 Å². The minimum absolute atomic E-state index is 0.0783. The van der Waals surface area contributed by atoms with E-state index >= 15 is 0 Å². The van der Waals surface area contributed by atoms with E-state index in [9.17, 15) is 14.6 Å². The third-order valence-electron chi connectivity index (χ3n) is 2.30. The van der Waals surface area contributed by atoms with Crippen molar-refractivity contribution in [1.82, 2.24) is 4.98 Å². The Kier molecular flexibility index (Phi) is 4.84. The molecule has 0 amide bonds. The number of nitrogens with zero attached hydrogens (tertiary/aromatic N) is 4. The molecule has 0 aromatic carbocycles. The average molecular weight is 240 g/mol. The maximum atomic E-state index is 12.9. The SMILES string of the molecule is Cc1nc(C(O)C(O)CCN=[N+]=[N-])ccc1F. The third-order valence-corrected chi connectivity index (χ3v) is 2.30. The van der Waals surface area contributed by atoms with Crippen LogP contribution in [0.1, 0.15) is 23.9 Å². The summed E-state index contributed by atoms with van der Waals surface area (Å²) in [6, 6.07) is 2.49. The number of hydrogen-bond acceptors (Lipinski definition) is 4. The van der Waals surface area contributed by atoms with Crippen molar-refractivity contribution in [2.45, 2.75) is 25.6 Å². The predicted octanol–water partition coefficient (Wildman–Crippen LogP) is 1.62. The number of azide groups is 1. The van der Waals surface area contributed by atoms with Gasteiger partial charge in [0.1, 0.15) is 11.9 Å². The lowest BCUT2D eigenvalue weighted by molar-refractivity contribution is 0.0124. The first-order valence-electron chi connectivity index (χ1n) is 5.06. The van der Waals surface area contributed by atoms with Crippen LogP contribution < -0.4 is 0 Å². The summed E-state index contributed by atoms with van der Waals surface area (Å²) in [5.74, 6) is -0.468. The number of rotatable bonds is 5. The molecule has 0 fully saturated rings. The summed E-state index contributed by atoms with van der Waals surface area (Å²) >= 11 is 0. The molecule has 1 rings (SSSR count). The van der Waals surface area contributed by atoms with Crippen LogP contribution in [0.3, 0.4) is 0 Å². The second-order valence-electron chi connectivity index (χ2n) is 3.56. The number of pyridine rings is 1. The minimum atomic E-state index is -1.22. The van der Waals surface area contributed by atoms with Crippen molar-refractivity contribution < 1.29 is 14.6 Å². The summed E-state index contributed by atoms with van der Waals surface area (Å²) in [4.78, 5) is 6.37. The van der Waals surface area contributed by atoms with Gasteiger partial charge in [-0.05, 0) is 31.0 Å². The molecule has 0 saturated carbocycles. The van der Waals surface area contributed by atoms with Crippen molar-refractivity contribution >= 4 is 0 Å². The van der Waals surface area contributed by atoms with E-state index in [-0.39, 0.29) is 24.4 Å². The van der Waals surface area contributed by atoms with Crippen molar-refractivity contribution in [3.8, 4) is 0 Å². The molecule has 0 aliphatic rings. The molecule has 2 atom stereocenters. The number of hydrogen-bond donors (Lipinski definition) is 2. The lowest BCUT2D eigenvalue weighted by Crippen LogP contribution is -2.20. The molecule has 1 heterocycles. The highest BCUT2D eigenvalue weighted by molar-refractivity contribution is 5.14. The highest BCUT2D eigenvalue weighted by Gasteiger charge is 2.19. The van der Waals surface area contributed by atoms with Gasteiger partial charge in [0.15, 0.2) is 0 Å². The van der Waals surface area contributed by atoms with Gasteiger partial charge in [0, 0.05) is 11.5 Å². The van der Waals surface area contributed by atoms with E-state index in [2.05, 4.69) is 15.0 Å². The van der Waals surface area contributed by atoms with E-state index < -0.39 is 18.0 Å². The van der Waals surface area contributed by atoms with Crippen LogP contribution in [0.5, 0.6) is 0 Å². The normalized spacial score (nSPS) is 13.9. The van der Waals surface area contributed by atoms with Crippen molar-refractivity contribution in [2.24, 2.45) is 5.11 Å². The number of aliphatic hydroxyl groups is 2. The van der Waals surface area contributed by atoms with Crippen LogP contribution in [0.4, 0.5) is 4.39 Å². The molecule has 0 aliphatic carbocycles. The van der Waals surface area contributed by atoms with Crippen molar-refractivity contribution in [1.29, 1.82) is 0 Å². The topological polar surface area (TPSA) is 102 Å². The van der Waals surface area contributed by atoms with E-state index in [0.29, 0.717) is 0 Å². The highest BCUT2D eigenvalue weighted by atomic mass is 19.1. The summed E-state index contributed by atoms with van der Waals surface area (Å²) in [6.45, 7) is 1.55. The highest BCUT2D eigenvalue weighted by Crippen LogP contribution is 2.18. The Morgan fingerprint density at radius 3 is 2.82 bits per heavy atom. The zero-order chi connectivity index (χ0) is 12.8. The number of aliphatic hydroxyl groups excluding tert-OH is 2. The second-order valence-corrected chi connectivity index (χ2v) is 3.56. The lowest BCUT2D eigenvalue weighted by Gasteiger charge is -2.16. The van der Waals surface area contributed by atoms with Crippen LogP contribution in [0.15, 0.2) is 17.2 Å². The standard InChI is InChI=1S/C10H13FN4O2/c1-6-7(11)2-3-8(14-6)10(17)9(16)4-5-13-15-12/h2-3,9-10,16-17H,4-5H2,1H3. The summed E-state index contributed by atoms with van der Waals surface area (Å²) in [7, 11) is 0. The molecular weight excluding hydrogens is 227 g/mol. The first kappa shape index (κ1) is 13.4. The molecule has 1 aromatic heterocycles. The first-order chi connectivity index (χ1) is 8.06. The fraction of sp³-hybridized carbons (Fsp3) is 0.500. The summed E-state index contributed by atoms with van der Waals surface area (Å²) < 4.78 is 12.9. The summed E-state index contributed by atoms with van der Waals surface area (Å²) in [6.07, 6.45) is -2.20. The molecule has 0 aliphatic heterocycles. The van der Waals surface area contributed by atoms with Gasteiger partial charge in [-0.1, -0.05) is 5.11 Å². The van der Waals surface area contributed by atoms with Crippen molar-refractivity contribution in [3.63, 3.8) is 0 Å². The monoisotopic (exact) mass is 240 g/mol. The van der Waals surface area contributed by atoms with Gasteiger partial charge in [0.05, 0.1) is 17.5 Å². The van der Waals surface area contributed by atoms with Gasteiger partial charge < -0.3 is 10.2 Å². The van der Waals surface area contributed by atoms with Crippen LogP contribution in [0.25, 0.3) is 10.4 Å². The molecule has 7 heteroatoms. The number of aryl methyl sites for hydroxylation is 1. The first-order valence-corrected chi connectivity index (χ1v) is 5.06. The second kappa shape index (κ2) is 6.15. The van der Waals surface area contributed by atoms with E-state index in [0.717, 1.165) is 0 Å². The molecule has 0 spiro atoms. The summed E-state index contributed by atoms with van der Waals surface area (Å²) in [5, 5.41) is 22.6. The molecule has 0 saturated heterocycles. The molecule has 92 valence electrons. The van der Waals surface area contributed by atoms with Gasteiger partial charge in [0.25, 0.3) is 0 Å². The molecule has 17 heavy (non-hydrogen) atoms. The third kappa shape index (κ3) is 3.67. The van der Waals surface area contributed by atoms with Crippen LogP contribution in [0, 0.1) is 12.7 Å². The van der Waals surface area contributed by atoms with Gasteiger partial charge in [-0.15, -0.1) is 0 Å². The maximum Gasteiger partial charge on any atom is 0.144 e. The Labute approximate surface area is 97.4 Å². The van der Waals surface area contributed by atoms with E-state index in [4.69, 9.17) is 5.53 Å². The van der Waals surface area contributed by atoms with Crippen LogP contribution in [-0.2, 0) is 0 Å². The van der Waals surface area contributed by atoms with Crippen LogP contribution in [0.2, 0.25) is 0 Å². The number of halogens is 1. The van der Waals surface area contributed by atoms with Crippen LogP contribution >= 0.6 is 0 Å². The molecule has 1 aromatic rings. The Hall–Kier alpha value is -1.69. The van der Waals surface area contributed by atoms with Gasteiger partial charge in [-0.25, -0.2) is 4.39 Å². The zero-order valence-corrected chi connectivity index (χ0v) is 9.28. The average Bonchev–Trinajstić information content (AvgIpc) is 2.32. The molecule has 6 nitrogen and oxygen atoms in total. The zero-order valence-electron chi connectivity index (χ0n) is 9.28. The lowest BCUT2D eigenvalue weighted by atomic mass is 10.1. The number of aromatic nitrogens is 1. The Morgan fingerprint density at radius 1 is 1.53 bits per heavy atom.